The first kappa shape index (κ1) is 15.8. The van der Waals surface area contributed by atoms with Crippen molar-refractivity contribution in [1.29, 1.82) is 0 Å². The van der Waals surface area contributed by atoms with Crippen molar-refractivity contribution in [2.45, 2.75) is 46.0 Å². The highest BCUT2D eigenvalue weighted by Crippen LogP contribution is 2.37. The lowest BCUT2D eigenvalue weighted by molar-refractivity contribution is -0.143. The van der Waals surface area contributed by atoms with E-state index in [1.54, 1.807) is 0 Å². The molecule has 18 heavy (non-hydrogen) atoms. The zero-order valence-electron chi connectivity index (χ0n) is 11.7. The molecular formula is C14H26ClNO2. The molecule has 0 spiro atoms. The van der Waals surface area contributed by atoms with E-state index in [1.165, 1.54) is 19.3 Å². The molecule has 0 bridgehead atoms. The summed E-state index contributed by atoms with van der Waals surface area (Å²) in [5, 5.41) is 0. The summed E-state index contributed by atoms with van der Waals surface area (Å²) in [5.74, 6) is 0.816. The zero-order valence-corrected chi connectivity index (χ0v) is 12.5. The first-order valence-corrected chi connectivity index (χ1v) is 7.60. The number of carbonyl (C=O) groups excluding carboxylic acids is 1. The first-order valence-electron chi connectivity index (χ1n) is 7.07. The number of halogens is 1. The van der Waals surface area contributed by atoms with Crippen molar-refractivity contribution in [3.63, 3.8) is 0 Å². The van der Waals surface area contributed by atoms with E-state index in [4.69, 9.17) is 16.3 Å². The fraction of sp³-hybridized carbons (Fsp3) is 0.929. The monoisotopic (exact) mass is 275 g/mol. The number of ether oxygens (including phenoxy) is 1. The zero-order chi connectivity index (χ0) is 13.4. The van der Waals surface area contributed by atoms with Gasteiger partial charge in [0.15, 0.2) is 0 Å². The normalized spacial score (nSPS) is 18.6. The van der Waals surface area contributed by atoms with Crippen molar-refractivity contribution in [1.82, 2.24) is 4.90 Å². The predicted molar refractivity (Wildman–Crippen MR) is 75.0 cm³/mol. The fourth-order valence-corrected chi connectivity index (χ4v) is 2.77. The van der Waals surface area contributed by atoms with Gasteiger partial charge in [0.25, 0.3) is 0 Å². The molecule has 3 nitrogen and oxygen atoms in total. The lowest BCUT2D eigenvalue weighted by Crippen LogP contribution is -2.44. The van der Waals surface area contributed by atoms with Gasteiger partial charge in [0.1, 0.15) is 0 Å². The Balaban J connectivity index is 2.44. The van der Waals surface area contributed by atoms with E-state index >= 15 is 0 Å². The Bertz CT molecular complexity index is 252. The summed E-state index contributed by atoms with van der Waals surface area (Å²) >= 11 is 5.55. The number of hydrogen-bond acceptors (Lipinski definition) is 2. The number of hydrogen-bond donors (Lipinski definition) is 0. The minimum absolute atomic E-state index is 0.138. The molecule has 0 atom stereocenters. The van der Waals surface area contributed by atoms with Gasteiger partial charge in [-0.2, -0.15) is 0 Å². The van der Waals surface area contributed by atoms with Crippen LogP contribution in [0.15, 0.2) is 0 Å². The summed E-state index contributed by atoms with van der Waals surface area (Å²) in [6.07, 6.45) is 5.70. The summed E-state index contributed by atoms with van der Waals surface area (Å²) in [5.41, 5.74) is -0.138. The summed E-state index contributed by atoms with van der Waals surface area (Å²) in [7, 11) is 0. The maximum atomic E-state index is 12.6. The van der Waals surface area contributed by atoms with Crippen LogP contribution in [0.25, 0.3) is 0 Å². The standard InChI is InChI=1S/C14H26ClNO2/c1-3-16(10-12-18-11-9-15)13(17)14(2)7-5-4-6-8-14/h3-12H2,1-2H3. The van der Waals surface area contributed by atoms with Gasteiger partial charge in [-0.15, -0.1) is 11.6 Å². The average molecular weight is 276 g/mol. The van der Waals surface area contributed by atoms with Gasteiger partial charge in [-0.3, -0.25) is 4.79 Å². The van der Waals surface area contributed by atoms with Crippen LogP contribution in [0.2, 0.25) is 0 Å². The molecule has 0 aromatic rings. The summed E-state index contributed by atoms with van der Waals surface area (Å²) in [6.45, 7) is 6.75. The number of rotatable bonds is 7. The third-order valence-electron chi connectivity index (χ3n) is 3.87. The van der Waals surface area contributed by atoms with Crippen LogP contribution in [0, 0.1) is 5.41 Å². The Morgan fingerprint density at radius 1 is 1.28 bits per heavy atom. The molecule has 0 aliphatic heterocycles. The SMILES string of the molecule is CCN(CCOCCCl)C(=O)C1(C)CCCCC1. The molecule has 1 rings (SSSR count). The van der Waals surface area contributed by atoms with E-state index < -0.39 is 0 Å². The van der Waals surface area contributed by atoms with Gasteiger partial charge in [-0.05, 0) is 19.8 Å². The second kappa shape index (κ2) is 8.00. The maximum Gasteiger partial charge on any atom is 0.228 e. The van der Waals surface area contributed by atoms with Crippen molar-refractivity contribution in [2.24, 2.45) is 5.41 Å². The number of alkyl halides is 1. The van der Waals surface area contributed by atoms with E-state index in [9.17, 15) is 4.79 Å². The van der Waals surface area contributed by atoms with E-state index in [-0.39, 0.29) is 5.41 Å². The van der Waals surface area contributed by atoms with E-state index in [0.717, 1.165) is 19.4 Å². The Morgan fingerprint density at radius 3 is 2.50 bits per heavy atom. The van der Waals surface area contributed by atoms with Crippen molar-refractivity contribution >= 4 is 17.5 Å². The summed E-state index contributed by atoms with van der Waals surface area (Å²) in [4.78, 5) is 14.5. The number of likely N-dealkylation sites (N-methyl/N-ethyl adjacent to an activating group) is 1. The van der Waals surface area contributed by atoms with E-state index in [2.05, 4.69) is 6.92 Å². The first-order chi connectivity index (χ1) is 8.64. The predicted octanol–water partition coefficient (Wildman–Crippen LogP) is 3.06. The van der Waals surface area contributed by atoms with Crippen LogP contribution in [0.1, 0.15) is 46.0 Å². The van der Waals surface area contributed by atoms with Crippen molar-refractivity contribution < 1.29 is 9.53 Å². The Morgan fingerprint density at radius 2 is 1.94 bits per heavy atom. The van der Waals surface area contributed by atoms with Crippen molar-refractivity contribution in [3.05, 3.63) is 0 Å². The van der Waals surface area contributed by atoms with Gasteiger partial charge >= 0.3 is 0 Å². The van der Waals surface area contributed by atoms with Crippen LogP contribution in [0.4, 0.5) is 0 Å². The molecule has 106 valence electrons. The highest BCUT2D eigenvalue weighted by Gasteiger charge is 2.36. The Hall–Kier alpha value is -0.280. The van der Waals surface area contributed by atoms with E-state index in [1.807, 2.05) is 11.8 Å². The van der Waals surface area contributed by atoms with Crippen LogP contribution in [-0.2, 0) is 9.53 Å². The number of nitrogens with zero attached hydrogens (tertiary/aromatic N) is 1. The Labute approximate surface area is 116 Å². The van der Waals surface area contributed by atoms with Crippen molar-refractivity contribution in [3.8, 4) is 0 Å². The molecule has 0 N–H and O–H groups in total. The summed E-state index contributed by atoms with van der Waals surface area (Å²) in [6, 6.07) is 0. The molecule has 1 aliphatic carbocycles. The quantitative estimate of drug-likeness (QED) is 0.528. The third kappa shape index (κ3) is 4.43. The molecule has 0 unspecified atom stereocenters. The smallest absolute Gasteiger partial charge is 0.228 e. The van der Waals surface area contributed by atoms with Crippen LogP contribution in [-0.4, -0.2) is 43.0 Å². The highest BCUT2D eigenvalue weighted by molar-refractivity contribution is 6.17. The third-order valence-corrected chi connectivity index (χ3v) is 4.02. The van der Waals surface area contributed by atoms with Gasteiger partial charge in [0.05, 0.1) is 13.2 Å². The molecule has 0 aromatic heterocycles. The van der Waals surface area contributed by atoms with Gasteiger partial charge < -0.3 is 9.64 Å². The second-order valence-corrected chi connectivity index (χ2v) is 5.69. The van der Waals surface area contributed by atoms with Crippen LogP contribution in [0.5, 0.6) is 0 Å². The number of amides is 1. The molecule has 0 saturated heterocycles. The lowest BCUT2D eigenvalue weighted by Gasteiger charge is -2.36. The van der Waals surface area contributed by atoms with Gasteiger partial charge in [0, 0.05) is 24.4 Å². The minimum atomic E-state index is -0.138. The topological polar surface area (TPSA) is 29.5 Å². The lowest BCUT2D eigenvalue weighted by atomic mass is 9.74. The molecule has 4 heteroatoms. The maximum absolute atomic E-state index is 12.6. The Kier molecular flexibility index (Phi) is 7.02. The van der Waals surface area contributed by atoms with Crippen LogP contribution >= 0.6 is 11.6 Å². The van der Waals surface area contributed by atoms with Gasteiger partial charge in [0.2, 0.25) is 5.91 Å². The molecular weight excluding hydrogens is 250 g/mol. The number of carbonyl (C=O) groups is 1. The van der Waals surface area contributed by atoms with Crippen LogP contribution in [0.3, 0.4) is 0 Å². The fourth-order valence-electron chi connectivity index (χ4n) is 2.66. The highest BCUT2D eigenvalue weighted by atomic mass is 35.5. The molecule has 1 aliphatic rings. The average Bonchev–Trinajstić information content (AvgIpc) is 2.39. The van der Waals surface area contributed by atoms with Gasteiger partial charge in [-0.25, -0.2) is 0 Å². The second-order valence-electron chi connectivity index (χ2n) is 5.31. The van der Waals surface area contributed by atoms with Crippen LogP contribution < -0.4 is 0 Å². The molecule has 0 heterocycles. The molecule has 1 amide bonds. The van der Waals surface area contributed by atoms with Crippen molar-refractivity contribution in [2.75, 3.05) is 32.2 Å². The molecule has 0 radical (unpaired) electrons. The summed E-state index contributed by atoms with van der Waals surface area (Å²) < 4.78 is 5.36. The van der Waals surface area contributed by atoms with E-state index in [0.29, 0.717) is 31.5 Å². The largest absolute Gasteiger partial charge is 0.378 e. The molecule has 1 fully saturated rings. The molecule has 1 saturated carbocycles. The van der Waals surface area contributed by atoms with Gasteiger partial charge in [-0.1, -0.05) is 26.2 Å². The molecule has 0 aromatic carbocycles. The minimum Gasteiger partial charge on any atom is -0.378 e.